The van der Waals surface area contributed by atoms with Gasteiger partial charge in [0.05, 0.1) is 17.6 Å². The number of sulfonamides is 1. The van der Waals surface area contributed by atoms with E-state index in [2.05, 4.69) is 15.2 Å². The van der Waals surface area contributed by atoms with E-state index < -0.39 is 10.0 Å². The smallest absolute Gasteiger partial charge is 0.244 e. The fourth-order valence-corrected chi connectivity index (χ4v) is 4.67. The molecule has 0 bridgehead atoms. The van der Waals surface area contributed by atoms with Gasteiger partial charge in [0.25, 0.3) is 0 Å². The fourth-order valence-electron chi connectivity index (χ4n) is 3.26. The molecule has 1 unspecified atom stereocenters. The Hall–Kier alpha value is -1.60. The van der Waals surface area contributed by atoms with Crippen molar-refractivity contribution in [3.05, 3.63) is 23.8 Å². The molecule has 0 aromatic heterocycles. The molecule has 0 radical (unpaired) electrons. The average Bonchev–Trinajstić information content (AvgIpc) is 2.54. The van der Waals surface area contributed by atoms with Crippen molar-refractivity contribution in [2.45, 2.75) is 50.1 Å². The van der Waals surface area contributed by atoms with Gasteiger partial charge in [-0.1, -0.05) is 30.5 Å². The minimum atomic E-state index is -3.55. The van der Waals surface area contributed by atoms with Crippen LogP contribution in [0.25, 0.3) is 0 Å². The van der Waals surface area contributed by atoms with Crippen molar-refractivity contribution in [1.82, 2.24) is 4.72 Å². The van der Waals surface area contributed by atoms with Gasteiger partial charge in [0.15, 0.2) is 0 Å². The molecule has 3 rings (SSSR count). The first-order chi connectivity index (χ1) is 10.5. The van der Waals surface area contributed by atoms with Crippen LogP contribution in [0.4, 0.5) is 5.69 Å². The van der Waals surface area contributed by atoms with Gasteiger partial charge >= 0.3 is 0 Å². The Morgan fingerprint density at radius 1 is 1.27 bits per heavy atom. The Balaban J connectivity index is 1.93. The number of hydrogen-bond acceptors (Lipinski definition) is 5. The summed E-state index contributed by atoms with van der Waals surface area (Å²) in [5.41, 5.74) is 1.58. The molecule has 1 atom stereocenters. The van der Waals surface area contributed by atoms with E-state index in [-0.39, 0.29) is 11.1 Å². The topological polar surface area (TPSA) is 90.8 Å². The summed E-state index contributed by atoms with van der Waals surface area (Å²) in [7, 11) is -3.55. The second-order valence-corrected chi connectivity index (χ2v) is 7.72. The highest BCUT2D eigenvalue weighted by molar-refractivity contribution is 7.89. The highest BCUT2D eigenvalue weighted by Gasteiger charge is 2.34. The van der Waals surface area contributed by atoms with Gasteiger partial charge in [0.1, 0.15) is 4.90 Å². The van der Waals surface area contributed by atoms with Crippen molar-refractivity contribution in [3.63, 3.8) is 0 Å². The van der Waals surface area contributed by atoms with E-state index in [0.29, 0.717) is 22.9 Å². The molecule has 22 heavy (non-hydrogen) atoms. The predicted octanol–water partition coefficient (Wildman–Crippen LogP) is 2.50. The van der Waals surface area contributed by atoms with Gasteiger partial charge in [0, 0.05) is 5.56 Å². The number of oxime groups is 1. The number of nitrogens with zero attached hydrogens (tertiary/aromatic N) is 1. The lowest BCUT2D eigenvalue weighted by atomic mass is 9.87. The number of nitrogens with one attached hydrogen (secondary N) is 2. The molecule has 1 aromatic rings. The minimum Gasteiger partial charge on any atom is -0.411 e. The molecule has 6 nitrogen and oxygen atoms in total. The Kier molecular flexibility index (Phi) is 4.10. The van der Waals surface area contributed by atoms with Gasteiger partial charge in [-0.2, -0.15) is 4.72 Å². The summed E-state index contributed by atoms with van der Waals surface area (Å²) in [5.74, 6) is 0.331. The first kappa shape index (κ1) is 15.3. The van der Waals surface area contributed by atoms with Crippen LogP contribution in [0, 0.1) is 5.92 Å². The number of hydrogen-bond donors (Lipinski definition) is 3. The predicted molar refractivity (Wildman–Crippen MR) is 84.7 cm³/mol. The molecular formula is C15H21N3O3S. The molecule has 3 N–H and O–H groups in total. The monoisotopic (exact) mass is 323 g/mol. The van der Waals surface area contributed by atoms with Crippen LogP contribution in [0.5, 0.6) is 0 Å². The maximum atomic E-state index is 12.5. The molecule has 0 spiro atoms. The van der Waals surface area contributed by atoms with E-state index in [1.165, 1.54) is 12.5 Å². The maximum Gasteiger partial charge on any atom is 0.244 e. The highest BCUT2D eigenvalue weighted by atomic mass is 32.2. The van der Waals surface area contributed by atoms with Crippen molar-refractivity contribution < 1.29 is 13.6 Å². The normalized spacial score (nSPS) is 25.3. The molecule has 0 amide bonds. The lowest BCUT2D eigenvalue weighted by Gasteiger charge is -2.35. The second kappa shape index (κ2) is 5.89. The largest absolute Gasteiger partial charge is 0.411 e. The SMILES string of the molecule is CC(=NO)c1ccc2c(c1)S(=O)(=O)NC(C1CCCCC1)N2. The summed E-state index contributed by atoms with van der Waals surface area (Å²) in [4.78, 5) is 0.208. The van der Waals surface area contributed by atoms with Crippen LogP contribution in [0.15, 0.2) is 28.3 Å². The molecule has 1 aromatic carbocycles. The van der Waals surface area contributed by atoms with E-state index in [9.17, 15) is 8.42 Å². The van der Waals surface area contributed by atoms with Gasteiger partial charge in [-0.25, -0.2) is 8.42 Å². The quantitative estimate of drug-likeness (QED) is 0.443. The fraction of sp³-hybridized carbons (Fsp3) is 0.533. The zero-order valence-corrected chi connectivity index (χ0v) is 13.4. The minimum absolute atomic E-state index is 0.208. The molecular weight excluding hydrogens is 302 g/mol. The van der Waals surface area contributed by atoms with Crippen LogP contribution < -0.4 is 10.0 Å². The lowest BCUT2D eigenvalue weighted by Crippen LogP contribution is -2.49. The molecule has 0 saturated heterocycles. The number of anilines is 1. The Morgan fingerprint density at radius 3 is 2.68 bits per heavy atom. The molecule has 1 heterocycles. The molecule has 1 fully saturated rings. The van der Waals surface area contributed by atoms with Crippen LogP contribution in [0.1, 0.15) is 44.6 Å². The summed E-state index contributed by atoms with van der Waals surface area (Å²) in [6.45, 7) is 1.63. The van der Waals surface area contributed by atoms with Crippen LogP contribution in [-0.4, -0.2) is 25.5 Å². The van der Waals surface area contributed by atoms with Crippen LogP contribution in [0.2, 0.25) is 0 Å². The number of fused-ring (bicyclic) bond motifs is 1. The summed E-state index contributed by atoms with van der Waals surface area (Å²) in [6.07, 6.45) is 5.39. The third-order valence-corrected chi connectivity index (χ3v) is 6.03. The summed E-state index contributed by atoms with van der Waals surface area (Å²) < 4.78 is 27.8. The van der Waals surface area contributed by atoms with Crippen molar-refractivity contribution in [3.8, 4) is 0 Å². The van der Waals surface area contributed by atoms with Gasteiger partial charge < -0.3 is 10.5 Å². The van der Waals surface area contributed by atoms with E-state index >= 15 is 0 Å². The van der Waals surface area contributed by atoms with Crippen molar-refractivity contribution in [1.29, 1.82) is 0 Å². The first-order valence-electron chi connectivity index (χ1n) is 7.63. The van der Waals surface area contributed by atoms with E-state index in [1.807, 2.05) is 0 Å². The summed E-state index contributed by atoms with van der Waals surface area (Å²) in [6, 6.07) is 5.05. The molecule has 120 valence electrons. The van der Waals surface area contributed by atoms with Crippen molar-refractivity contribution in [2.24, 2.45) is 11.1 Å². The van der Waals surface area contributed by atoms with Gasteiger partial charge in [0.2, 0.25) is 10.0 Å². The molecule has 1 aliphatic carbocycles. The van der Waals surface area contributed by atoms with E-state index in [4.69, 9.17) is 5.21 Å². The van der Waals surface area contributed by atoms with Crippen LogP contribution >= 0.6 is 0 Å². The Morgan fingerprint density at radius 2 is 2.00 bits per heavy atom. The van der Waals surface area contributed by atoms with E-state index in [1.54, 1.807) is 19.1 Å². The molecule has 1 saturated carbocycles. The van der Waals surface area contributed by atoms with Gasteiger partial charge in [-0.05, 0) is 37.8 Å². The lowest BCUT2D eigenvalue weighted by molar-refractivity contribution is 0.306. The molecule has 7 heteroatoms. The molecule has 1 aliphatic heterocycles. The molecule has 2 aliphatic rings. The Bertz CT molecular complexity index is 694. The summed E-state index contributed by atoms with van der Waals surface area (Å²) >= 11 is 0. The first-order valence-corrected chi connectivity index (χ1v) is 9.11. The Labute approximate surface area is 130 Å². The number of benzene rings is 1. The standard InChI is InChI=1S/C15H21N3O3S/c1-10(17-19)12-7-8-13-14(9-12)22(20,21)18-15(16-13)11-5-3-2-4-6-11/h7-9,11,15-16,18-19H,2-6H2,1H3. The third-order valence-electron chi connectivity index (χ3n) is 4.55. The zero-order valence-electron chi connectivity index (χ0n) is 12.5. The second-order valence-electron chi connectivity index (χ2n) is 6.04. The third kappa shape index (κ3) is 2.83. The number of rotatable bonds is 2. The summed E-state index contributed by atoms with van der Waals surface area (Å²) in [5, 5.41) is 15.3. The van der Waals surface area contributed by atoms with Gasteiger partial charge in [-0.15, -0.1) is 0 Å². The zero-order chi connectivity index (χ0) is 15.7. The van der Waals surface area contributed by atoms with Crippen molar-refractivity contribution in [2.75, 3.05) is 5.32 Å². The van der Waals surface area contributed by atoms with E-state index in [0.717, 1.165) is 25.7 Å². The average molecular weight is 323 g/mol. The van der Waals surface area contributed by atoms with Crippen LogP contribution in [0.3, 0.4) is 0 Å². The maximum absolute atomic E-state index is 12.5. The van der Waals surface area contributed by atoms with Crippen LogP contribution in [-0.2, 0) is 10.0 Å². The highest BCUT2D eigenvalue weighted by Crippen LogP contribution is 2.33. The van der Waals surface area contributed by atoms with Gasteiger partial charge in [-0.3, -0.25) is 0 Å². The van der Waals surface area contributed by atoms with Crippen molar-refractivity contribution >= 4 is 21.4 Å².